The van der Waals surface area contributed by atoms with Crippen molar-refractivity contribution in [3.8, 4) is 0 Å². The van der Waals surface area contributed by atoms with E-state index in [1.807, 2.05) is 6.92 Å². The number of hydrogen-bond donors (Lipinski definition) is 1. The fourth-order valence-corrected chi connectivity index (χ4v) is 1.55. The van der Waals surface area contributed by atoms with Crippen LogP contribution in [0.3, 0.4) is 0 Å². The third kappa shape index (κ3) is 10.8. The molecule has 0 aromatic carbocycles. The van der Waals surface area contributed by atoms with Gasteiger partial charge in [0, 0.05) is 6.61 Å². The third-order valence-corrected chi connectivity index (χ3v) is 2.74. The molecule has 0 aliphatic carbocycles. The molecule has 0 saturated carbocycles. The van der Waals surface area contributed by atoms with Gasteiger partial charge < -0.3 is 14.4 Å². The maximum absolute atomic E-state index is 11.3. The van der Waals surface area contributed by atoms with Crippen LogP contribution in [0.15, 0.2) is 0 Å². The minimum atomic E-state index is -4.43. The van der Waals surface area contributed by atoms with E-state index in [4.69, 9.17) is 9.63 Å². The topological polar surface area (TPSA) is 125 Å². The summed E-state index contributed by atoms with van der Waals surface area (Å²) in [6.07, 6.45) is 1.61. The number of carbonyl (C=O) groups excluding carboxylic acids is 3. The van der Waals surface area contributed by atoms with E-state index in [1.54, 1.807) is 0 Å². The Kier molecular flexibility index (Phi) is 10.0. The van der Waals surface area contributed by atoms with Crippen LogP contribution in [0.25, 0.3) is 0 Å². The minimum Gasteiger partial charge on any atom is -0.386 e. The predicted molar refractivity (Wildman–Crippen MR) is 64.6 cm³/mol. The van der Waals surface area contributed by atoms with E-state index in [9.17, 15) is 18.9 Å². The highest BCUT2D eigenvalue weighted by atomic mass is 31.2. The van der Waals surface area contributed by atoms with Gasteiger partial charge in [-0.3, -0.25) is 13.8 Å². The largest absolute Gasteiger partial charge is 0.472 e. The molecule has 9 nitrogen and oxygen atoms in total. The molecule has 10 heteroatoms. The standard InChI is InChI=1S/C10H17O9P/c1-2-3-4-16-5-6-17-20(14,15)18-8-10(13)19-9(12)7-11/h7H,2-6,8H2,1H3,(H,14,15). The van der Waals surface area contributed by atoms with Gasteiger partial charge in [0.25, 0.3) is 0 Å². The average molecular weight is 312 g/mol. The Labute approximate surface area is 115 Å². The Balaban J connectivity index is 3.78. The van der Waals surface area contributed by atoms with Gasteiger partial charge in [-0.25, -0.2) is 14.2 Å². The fourth-order valence-electron chi connectivity index (χ4n) is 0.897. The summed E-state index contributed by atoms with van der Waals surface area (Å²) in [5.41, 5.74) is 0. The number of phosphoric ester groups is 1. The highest BCUT2D eigenvalue weighted by Gasteiger charge is 2.23. The minimum absolute atomic E-state index is 0.0992. The van der Waals surface area contributed by atoms with Crippen LogP contribution in [0.4, 0.5) is 0 Å². The summed E-state index contributed by atoms with van der Waals surface area (Å²) in [4.78, 5) is 40.3. The lowest BCUT2D eigenvalue weighted by Crippen LogP contribution is -2.18. The van der Waals surface area contributed by atoms with E-state index in [2.05, 4.69) is 13.8 Å². The first-order valence-electron chi connectivity index (χ1n) is 5.80. The normalized spacial score (nSPS) is 13.5. The second kappa shape index (κ2) is 10.6. The number of esters is 2. The van der Waals surface area contributed by atoms with E-state index in [0.29, 0.717) is 6.61 Å². The highest BCUT2D eigenvalue weighted by Crippen LogP contribution is 2.42. The van der Waals surface area contributed by atoms with Gasteiger partial charge in [-0.15, -0.1) is 0 Å². The molecule has 0 heterocycles. The van der Waals surface area contributed by atoms with E-state index < -0.39 is 26.4 Å². The Morgan fingerprint density at radius 3 is 2.50 bits per heavy atom. The van der Waals surface area contributed by atoms with E-state index in [0.717, 1.165) is 12.8 Å². The lowest BCUT2D eigenvalue weighted by molar-refractivity contribution is -0.162. The summed E-state index contributed by atoms with van der Waals surface area (Å²) in [5.74, 6) is -2.70. The maximum atomic E-state index is 11.3. The van der Waals surface area contributed by atoms with Crippen LogP contribution in [0.5, 0.6) is 0 Å². The van der Waals surface area contributed by atoms with Gasteiger partial charge in [0.1, 0.15) is 0 Å². The molecule has 0 spiro atoms. The second-order valence-electron chi connectivity index (χ2n) is 3.45. The number of aldehydes is 1. The van der Waals surface area contributed by atoms with Crippen molar-refractivity contribution in [1.29, 1.82) is 0 Å². The molecular formula is C10H17O9P. The van der Waals surface area contributed by atoms with Crippen molar-refractivity contribution in [2.24, 2.45) is 0 Å². The first-order chi connectivity index (χ1) is 9.41. The lowest BCUT2D eigenvalue weighted by atomic mass is 10.4. The first-order valence-corrected chi connectivity index (χ1v) is 7.30. The second-order valence-corrected chi connectivity index (χ2v) is 4.91. The molecule has 0 bridgehead atoms. The molecule has 0 saturated heterocycles. The number of carbonyl (C=O) groups is 3. The van der Waals surface area contributed by atoms with E-state index in [1.165, 1.54) is 0 Å². The molecule has 0 radical (unpaired) electrons. The zero-order valence-corrected chi connectivity index (χ0v) is 11.9. The molecule has 0 amide bonds. The highest BCUT2D eigenvalue weighted by molar-refractivity contribution is 7.47. The molecule has 0 aliphatic heterocycles. The van der Waals surface area contributed by atoms with Crippen LogP contribution < -0.4 is 0 Å². The molecular weight excluding hydrogens is 295 g/mol. The van der Waals surface area contributed by atoms with E-state index in [-0.39, 0.29) is 19.5 Å². The molecule has 20 heavy (non-hydrogen) atoms. The van der Waals surface area contributed by atoms with Crippen LogP contribution in [-0.2, 0) is 37.5 Å². The molecule has 1 N–H and O–H groups in total. The van der Waals surface area contributed by atoms with Gasteiger partial charge >= 0.3 is 19.8 Å². The van der Waals surface area contributed by atoms with Gasteiger partial charge in [-0.1, -0.05) is 13.3 Å². The molecule has 1 atom stereocenters. The number of ether oxygens (including phenoxy) is 2. The zero-order chi connectivity index (χ0) is 15.4. The molecule has 0 aromatic rings. The number of unbranched alkanes of at least 4 members (excludes halogenated alkanes) is 1. The van der Waals surface area contributed by atoms with Crippen LogP contribution in [0.2, 0.25) is 0 Å². The molecule has 0 aliphatic rings. The summed E-state index contributed by atoms with van der Waals surface area (Å²) in [6, 6.07) is 0. The SMILES string of the molecule is CCCCOCCOP(=O)(O)OCC(=O)OC(=O)C=O. The zero-order valence-electron chi connectivity index (χ0n) is 11.0. The van der Waals surface area contributed by atoms with Crippen LogP contribution in [0, 0.1) is 0 Å². The third-order valence-electron chi connectivity index (χ3n) is 1.78. The lowest BCUT2D eigenvalue weighted by Gasteiger charge is -2.11. The van der Waals surface area contributed by atoms with Crippen molar-refractivity contribution in [1.82, 2.24) is 0 Å². The van der Waals surface area contributed by atoms with Gasteiger partial charge in [0.05, 0.1) is 13.2 Å². The van der Waals surface area contributed by atoms with Crippen molar-refractivity contribution in [2.45, 2.75) is 19.8 Å². The van der Waals surface area contributed by atoms with Crippen molar-refractivity contribution >= 4 is 26.0 Å². The Bertz CT molecular complexity index is 368. The Hall–Kier alpha value is -1.12. The Morgan fingerprint density at radius 1 is 1.20 bits per heavy atom. The van der Waals surface area contributed by atoms with Crippen molar-refractivity contribution < 1.29 is 42.4 Å². The van der Waals surface area contributed by atoms with Crippen LogP contribution in [-0.4, -0.2) is 49.5 Å². The summed E-state index contributed by atoms with van der Waals surface area (Å²) in [6.45, 7) is 1.41. The quantitative estimate of drug-likeness (QED) is 0.142. The fraction of sp³-hybridized carbons (Fsp3) is 0.700. The van der Waals surface area contributed by atoms with Crippen molar-refractivity contribution in [3.63, 3.8) is 0 Å². The summed E-state index contributed by atoms with van der Waals surface area (Å²) < 4.78 is 29.0. The van der Waals surface area contributed by atoms with Gasteiger partial charge in [-0.2, -0.15) is 0 Å². The van der Waals surface area contributed by atoms with Crippen LogP contribution in [0.1, 0.15) is 19.8 Å². The summed E-state index contributed by atoms with van der Waals surface area (Å²) >= 11 is 0. The smallest absolute Gasteiger partial charge is 0.386 e. The predicted octanol–water partition coefficient (Wildman–Crippen LogP) is 0.205. The monoisotopic (exact) mass is 312 g/mol. The number of rotatable bonds is 11. The summed E-state index contributed by atoms with van der Waals surface area (Å²) in [7, 11) is -4.43. The van der Waals surface area contributed by atoms with Gasteiger partial charge in [-0.05, 0) is 6.42 Å². The molecule has 0 fully saturated rings. The maximum Gasteiger partial charge on any atom is 0.472 e. The van der Waals surface area contributed by atoms with Gasteiger partial charge in [0.15, 0.2) is 6.61 Å². The molecule has 1 unspecified atom stereocenters. The van der Waals surface area contributed by atoms with E-state index >= 15 is 0 Å². The number of phosphoric acid groups is 1. The molecule has 116 valence electrons. The number of hydrogen-bond acceptors (Lipinski definition) is 8. The Morgan fingerprint density at radius 2 is 1.90 bits per heavy atom. The summed E-state index contributed by atoms with van der Waals surface area (Å²) in [5, 5.41) is 0. The molecule has 0 aromatic heterocycles. The molecule has 0 rings (SSSR count). The van der Waals surface area contributed by atoms with Gasteiger partial charge in [0.2, 0.25) is 6.29 Å². The first kappa shape index (κ1) is 18.9. The average Bonchev–Trinajstić information content (AvgIpc) is 2.40. The van der Waals surface area contributed by atoms with Crippen LogP contribution >= 0.6 is 7.82 Å². The van der Waals surface area contributed by atoms with Crippen molar-refractivity contribution in [3.05, 3.63) is 0 Å². The van der Waals surface area contributed by atoms with Crippen molar-refractivity contribution in [2.75, 3.05) is 26.4 Å².